The maximum atomic E-state index is 12.7. The lowest BCUT2D eigenvalue weighted by molar-refractivity contribution is 0.0982. The molecular weight excluding hydrogens is 334 g/mol. The molecule has 1 aliphatic rings. The predicted octanol–water partition coefficient (Wildman–Crippen LogP) is 3.45. The second-order valence-electron chi connectivity index (χ2n) is 5.03. The Bertz CT molecular complexity index is 715. The molecule has 0 saturated heterocycles. The van der Waals surface area contributed by atoms with E-state index >= 15 is 0 Å². The third-order valence-corrected chi connectivity index (χ3v) is 4.11. The number of aryl methyl sites for hydroxylation is 1. The highest BCUT2D eigenvalue weighted by atomic mass is 79.9. The number of nitrogens with zero attached hydrogens (tertiary/aromatic N) is 1. The molecule has 108 valence electrons. The van der Waals surface area contributed by atoms with Gasteiger partial charge in [0, 0.05) is 22.8 Å². The molecule has 1 aliphatic heterocycles. The number of fused-ring (bicyclic) bond motifs is 1. The van der Waals surface area contributed by atoms with E-state index in [0.717, 1.165) is 28.6 Å². The molecule has 0 atom stereocenters. The molecule has 2 aromatic rings. The molecule has 0 aliphatic carbocycles. The normalized spacial score (nSPS) is 13.9. The number of anilines is 1. The molecule has 0 spiro atoms. The quantitative estimate of drug-likeness (QED) is 0.830. The summed E-state index contributed by atoms with van der Waals surface area (Å²) < 4.78 is 0.989. The van der Waals surface area contributed by atoms with E-state index < -0.39 is 0 Å². The number of carbonyl (C=O) groups excluding carboxylic acids is 1. The van der Waals surface area contributed by atoms with Crippen molar-refractivity contribution in [3.8, 4) is 11.5 Å². The first-order chi connectivity index (χ1) is 10.1. The second kappa shape index (κ2) is 5.41. The summed E-state index contributed by atoms with van der Waals surface area (Å²) in [6, 6.07) is 9.86. The van der Waals surface area contributed by atoms with E-state index in [9.17, 15) is 15.0 Å². The highest BCUT2D eigenvalue weighted by molar-refractivity contribution is 9.10. The highest BCUT2D eigenvalue weighted by Crippen LogP contribution is 2.32. The zero-order valence-corrected chi connectivity index (χ0v) is 12.8. The van der Waals surface area contributed by atoms with Crippen LogP contribution in [-0.4, -0.2) is 22.7 Å². The zero-order chi connectivity index (χ0) is 15.0. The van der Waals surface area contributed by atoms with E-state index in [-0.39, 0.29) is 23.0 Å². The van der Waals surface area contributed by atoms with Crippen molar-refractivity contribution < 1.29 is 15.0 Å². The predicted molar refractivity (Wildman–Crippen MR) is 83.9 cm³/mol. The summed E-state index contributed by atoms with van der Waals surface area (Å²) in [6.07, 6.45) is 1.81. The van der Waals surface area contributed by atoms with Gasteiger partial charge >= 0.3 is 0 Å². The summed E-state index contributed by atoms with van der Waals surface area (Å²) in [4.78, 5) is 14.3. The number of carbonyl (C=O) groups is 1. The van der Waals surface area contributed by atoms with Crippen molar-refractivity contribution >= 4 is 27.5 Å². The minimum Gasteiger partial charge on any atom is -0.508 e. The van der Waals surface area contributed by atoms with Crippen molar-refractivity contribution in [3.05, 3.63) is 52.0 Å². The molecule has 0 saturated carbocycles. The van der Waals surface area contributed by atoms with Crippen LogP contribution in [0.3, 0.4) is 0 Å². The molecule has 5 heteroatoms. The third-order valence-electron chi connectivity index (χ3n) is 3.62. The summed E-state index contributed by atoms with van der Waals surface area (Å²) in [5, 5.41) is 19.2. The van der Waals surface area contributed by atoms with Crippen molar-refractivity contribution in [1.29, 1.82) is 0 Å². The molecule has 21 heavy (non-hydrogen) atoms. The Kier molecular flexibility index (Phi) is 3.59. The van der Waals surface area contributed by atoms with Crippen LogP contribution < -0.4 is 4.90 Å². The van der Waals surface area contributed by atoms with E-state index in [4.69, 9.17) is 0 Å². The minimum atomic E-state index is -0.254. The smallest absolute Gasteiger partial charge is 0.262 e. The Morgan fingerprint density at radius 1 is 1.14 bits per heavy atom. The summed E-state index contributed by atoms with van der Waals surface area (Å²) in [5.74, 6) is -0.521. The maximum Gasteiger partial charge on any atom is 0.262 e. The lowest BCUT2D eigenvalue weighted by atomic mass is 10.0. The molecule has 0 fully saturated rings. The van der Waals surface area contributed by atoms with Crippen LogP contribution in [0, 0.1) is 0 Å². The van der Waals surface area contributed by atoms with Gasteiger partial charge in [0.15, 0.2) is 0 Å². The van der Waals surface area contributed by atoms with E-state index in [1.807, 2.05) is 18.2 Å². The fourth-order valence-corrected chi connectivity index (χ4v) is 3.03. The van der Waals surface area contributed by atoms with Crippen molar-refractivity contribution in [2.45, 2.75) is 12.8 Å². The first kappa shape index (κ1) is 13.9. The molecule has 4 nitrogen and oxygen atoms in total. The van der Waals surface area contributed by atoms with Gasteiger partial charge in [0.1, 0.15) is 11.5 Å². The Balaban J connectivity index is 2.00. The number of aromatic hydroxyl groups is 2. The molecule has 0 unspecified atom stereocenters. The van der Waals surface area contributed by atoms with Gasteiger partial charge < -0.3 is 15.1 Å². The fraction of sp³-hybridized carbons (Fsp3) is 0.188. The SMILES string of the molecule is O=C(c1ccc(O)cc1O)N1CCCc2cc(Br)ccc21. The highest BCUT2D eigenvalue weighted by Gasteiger charge is 2.25. The number of benzene rings is 2. The van der Waals surface area contributed by atoms with Crippen LogP contribution in [0.1, 0.15) is 22.3 Å². The molecule has 0 aromatic heterocycles. The van der Waals surface area contributed by atoms with Crippen LogP contribution in [0.25, 0.3) is 0 Å². The van der Waals surface area contributed by atoms with E-state index in [0.29, 0.717) is 6.54 Å². The van der Waals surface area contributed by atoms with Gasteiger partial charge in [0.05, 0.1) is 5.56 Å². The van der Waals surface area contributed by atoms with Crippen molar-refractivity contribution in [2.24, 2.45) is 0 Å². The first-order valence-electron chi connectivity index (χ1n) is 6.68. The summed E-state index contributed by atoms with van der Waals surface area (Å²) in [7, 11) is 0. The average Bonchev–Trinajstić information content (AvgIpc) is 2.45. The first-order valence-corrected chi connectivity index (χ1v) is 7.48. The van der Waals surface area contributed by atoms with Crippen LogP contribution in [0.5, 0.6) is 11.5 Å². The monoisotopic (exact) mass is 347 g/mol. The molecule has 0 bridgehead atoms. The zero-order valence-electron chi connectivity index (χ0n) is 11.2. The number of amides is 1. The number of phenols is 2. The van der Waals surface area contributed by atoms with Crippen LogP contribution in [0.2, 0.25) is 0 Å². The summed E-state index contributed by atoms with van der Waals surface area (Å²) >= 11 is 3.44. The molecule has 3 rings (SSSR count). The number of hydrogen-bond donors (Lipinski definition) is 2. The van der Waals surface area contributed by atoms with Gasteiger partial charge in [-0.15, -0.1) is 0 Å². The molecule has 0 radical (unpaired) electrons. The average molecular weight is 348 g/mol. The molecule has 2 N–H and O–H groups in total. The van der Waals surface area contributed by atoms with Gasteiger partial charge in [-0.05, 0) is 48.7 Å². The van der Waals surface area contributed by atoms with E-state index in [1.54, 1.807) is 4.90 Å². The Morgan fingerprint density at radius 3 is 2.71 bits per heavy atom. The van der Waals surface area contributed by atoms with Gasteiger partial charge in [0.25, 0.3) is 5.91 Å². The largest absolute Gasteiger partial charge is 0.508 e. The number of phenolic OH excluding ortho intramolecular Hbond substituents is 2. The van der Waals surface area contributed by atoms with E-state index in [1.165, 1.54) is 18.2 Å². The third kappa shape index (κ3) is 2.61. The van der Waals surface area contributed by atoms with Crippen molar-refractivity contribution in [2.75, 3.05) is 11.4 Å². The maximum absolute atomic E-state index is 12.7. The number of rotatable bonds is 1. The summed E-state index contributed by atoms with van der Waals surface area (Å²) in [6.45, 7) is 0.619. The van der Waals surface area contributed by atoms with Crippen LogP contribution in [0.15, 0.2) is 40.9 Å². The standard InChI is InChI=1S/C16H14BrNO3/c17-11-3-6-14-10(8-11)2-1-7-18(14)16(21)13-5-4-12(19)9-15(13)20/h3-6,8-9,19-20H,1-2,7H2. The fourth-order valence-electron chi connectivity index (χ4n) is 2.62. The summed E-state index contributed by atoms with van der Waals surface area (Å²) in [5.41, 5.74) is 2.19. The molecular formula is C16H14BrNO3. The molecule has 2 aromatic carbocycles. The lowest BCUT2D eigenvalue weighted by Crippen LogP contribution is -2.35. The van der Waals surface area contributed by atoms with Crippen molar-refractivity contribution in [1.82, 2.24) is 0 Å². The number of hydrogen-bond acceptors (Lipinski definition) is 3. The minimum absolute atomic E-state index is 0.0629. The van der Waals surface area contributed by atoms with E-state index in [2.05, 4.69) is 15.9 Å². The Labute approximate surface area is 130 Å². The Morgan fingerprint density at radius 2 is 1.95 bits per heavy atom. The van der Waals surface area contributed by atoms with Gasteiger partial charge in [-0.3, -0.25) is 4.79 Å². The van der Waals surface area contributed by atoms with Gasteiger partial charge in [-0.1, -0.05) is 15.9 Å². The Hall–Kier alpha value is -2.01. The number of halogens is 1. The molecule has 1 heterocycles. The van der Waals surface area contributed by atoms with Gasteiger partial charge in [0.2, 0.25) is 0 Å². The topological polar surface area (TPSA) is 60.8 Å². The molecule has 1 amide bonds. The van der Waals surface area contributed by atoms with Crippen molar-refractivity contribution in [3.63, 3.8) is 0 Å². The second-order valence-corrected chi connectivity index (χ2v) is 5.95. The lowest BCUT2D eigenvalue weighted by Gasteiger charge is -2.30. The van der Waals surface area contributed by atoms with Crippen LogP contribution in [0.4, 0.5) is 5.69 Å². The van der Waals surface area contributed by atoms with Gasteiger partial charge in [-0.25, -0.2) is 0 Å². The van der Waals surface area contributed by atoms with Crippen LogP contribution >= 0.6 is 15.9 Å². The van der Waals surface area contributed by atoms with Gasteiger partial charge in [-0.2, -0.15) is 0 Å². The van der Waals surface area contributed by atoms with Crippen LogP contribution in [-0.2, 0) is 6.42 Å².